The monoisotopic (exact) mass is 489 g/mol. The lowest BCUT2D eigenvalue weighted by atomic mass is 9.91. The van der Waals surface area contributed by atoms with E-state index < -0.39 is 12.0 Å². The van der Waals surface area contributed by atoms with Crippen LogP contribution in [0.1, 0.15) is 56.3 Å². The number of nitrogens with one attached hydrogen (secondary N) is 1. The van der Waals surface area contributed by atoms with Gasteiger partial charge < -0.3 is 15.0 Å². The molecule has 0 unspecified atom stereocenters. The molecule has 0 aromatic heterocycles. The molecule has 2 aromatic rings. The van der Waals surface area contributed by atoms with Crippen LogP contribution in [0.4, 0.5) is 0 Å². The minimum Gasteiger partial charge on any atom is -0.463 e. The number of hydrogen-bond donors (Lipinski definition) is 1. The maximum Gasteiger partial charge on any atom is 0.338 e. The number of aryl methyl sites for hydroxylation is 1. The average molecular weight is 490 g/mol. The summed E-state index contributed by atoms with van der Waals surface area (Å²) in [6, 6.07) is 17.5. The fourth-order valence-corrected chi connectivity index (χ4v) is 5.06. The molecule has 4 rings (SSSR count). The number of hydrogen-bond acceptors (Lipinski definition) is 6. The van der Waals surface area contributed by atoms with Crippen LogP contribution in [0.15, 0.2) is 76.3 Å². The van der Waals surface area contributed by atoms with Gasteiger partial charge in [-0.25, -0.2) is 9.79 Å². The fourth-order valence-electron chi connectivity index (χ4n) is 4.15. The van der Waals surface area contributed by atoms with Crippen molar-refractivity contribution in [2.45, 2.75) is 52.6 Å². The molecule has 7 heteroatoms. The summed E-state index contributed by atoms with van der Waals surface area (Å²) in [6.07, 6.45) is 1.06. The number of amides is 1. The third-order valence-corrected chi connectivity index (χ3v) is 7.00. The standard InChI is InChI=1S/C28H31N3O3S/c1-5-19(4)29-23(32)16-22-17-35-28-30-25(20-10-8-7-9-11-20)24(27(33)34-6-2)26(31(22)28)21-14-12-18(3)13-15-21/h7-15,17,19,26H,5-6,16H2,1-4H3,(H,29,32)/t19-,26+/m0/s1. The second-order valence-electron chi connectivity index (χ2n) is 8.71. The maximum absolute atomic E-state index is 13.5. The number of nitrogens with zero attached hydrogens (tertiary/aromatic N) is 2. The Morgan fingerprint density at radius 2 is 1.83 bits per heavy atom. The molecule has 2 aliphatic rings. The Morgan fingerprint density at radius 1 is 1.11 bits per heavy atom. The van der Waals surface area contributed by atoms with Crippen LogP contribution in [0, 0.1) is 6.92 Å². The molecule has 2 atom stereocenters. The summed E-state index contributed by atoms with van der Waals surface area (Å²) in [5.74, 6) is -0.453. The molecule has 2 aliphatic heterocycles. The molecule has 2 heterocycles. The molecular weight excluding hydrogens is 458 g/mol. The van der Waals surface area contributed by atoms with Gasteiger partial charge in [-0.15, -0.1) is 0 Å². The van der Waals surface area contributed by atoms with Gasteiger partial charge in [-0.2, -0.15) is 0 Å². The largest absolute Gasteiger partial charge is 0.463 e. The van der Waals surface area contributed by atoms with Crippen molar-refractivity contribution >= 4 is 34.5 Å². The van der Waals surface area contributed by atoms with Crippen molar-refractivity contribution < 1.29 is 14.3 Å². The van der Waals surface area contributed by atoms with Crippen LogP contribution in [0.5, 0.6) is 0 Å². The zero-order chi connectivity index (χ0) is 24.9. The first kappa shape index (κ1) is 24.8. The Morgan fingerprint density at radius 3 is 2.49 bits per heavy atom. The van der Waals surface area contributed by atoms with E-state index in [0.717, 1.165) is 34.0 Å². The lowest BCUT2D eigenvalue weighted by Crippen LogP contribution is -2.39. The highest BCUT2D eigenvalue weighted by Gasteiger charge is 2.42. The number of fused-ring (bicyclic) bond motifs is 1. The Kier molecular flexibility index (Phi) is 7.76. The van der Waals surface area contributed by atoms with Gasteiger partial charge in [-0.1, -0.05) is 78.8 Å². The Labute approximate surface area is 211 Å². The number of thioether (sulfide) groups is 1. The summed E-state index contributed by atoms with van der Waals surface area (Å²) < 4.78 is 5.54. The molecule has 0 radical (unpaired) electrons. The highest BCUT2D eigenvalue weighted by Crippen LogP contribution is 2.47. The third kappa shape index (κ3) is 5.35. The molecule has 0 saturated carbocycles. The molecule has 0 spiro atoms. The summed E-state index contributed by atoms with van der Waals surface area (Å²) in [6.45, 7) is 8.13. The summed E-state index contributed by atoms with van der Waals surface area (Å²) in [7, 11) is 0. The van der Waals surface area contributed by atoms with Crippen LogP contribution in [0.25, 0.3) is 5.70 Å². The first-order valence-corrected chi connectivity index (χ1v) is 12.9. The molecule has 0 saturated heterocycles. The van der Waals surface area contributed by atoms with E-state index in [1.54, 1.807) is 6.92 Å². The predicted octanol–water partition coefficient (Wildman–Crippen LogP) is 5.58. The third-order valence-electron chi connectivity index (χ3n) is 6.11. The van der Waals surface area contributed by atoms with Gasteiger partial charge in [0, 0.05) is 17.3 Å². The van der Waals surface area contributed by atoms with Crippen LogP contribution in [0.2, 0.25) is 0 Å². The van der Waals surface area contributed by atoms with Crippen molar-refractivity contribution in [2.24, 2.45) is 4.99 Å². The van der Waals surface area contributed by atoms with E-state index in [-0.39, 0.29) is 25.0 Å². The fraction of sp³-hybridized carbons (Fsp3) is 0.321. The smallest absolute Gasteiger partial charge is 0.338 e. The number of benzene rings is 2. The molecular formula is C28H31N3O3S. The van der Waals surface area contributed by atoms with Crippen molar-refractivity contribution in [2.75, 3.05) is 6.61 Å². The van der Waals surface area contributed by atoms with Crippen molar-refractivity contribution in [3.8, 4) is 0 Å². The first-order chi connectivity index (χ1) is 16.9. The summed E-state index contributed by atoms with van der Waals surface area (Å²) in [5.41, 5.74) is 4.81. The molecule has 182 valence electrons. The van der Waals surface area contributed by atoms with Crippen LogP contribution in [-0.4, -0.2) is 34.6 Å². The van der Waals surface area contributed by atoms with Gasteiger partial charge in [0.2, 0.25) is 5.91 Å². The zero-order valence-electron chi connectivity index (χ0n) is 20.6. The molecule has 1 amide bonds. The van der Waals surface area contributed by atoms with Crippen LogP contribution < -0.4 is 5.32 Å². The first-order valence-electron chi connectivity index (χ1n) is 12.0. The van der Waals surface area contributed by atoms with Crippen molar-refractivity contribution in [1.82, 2.24) is 10.2 Å². The summed E-state index contributed by atoms with van der Waals surface area (Å²) in [5, 5.41) is 5.75. The average Bonchev–Trinajstić information content (AvgIpc) is 3.26. The highest BCUT2D eigenvalue weighted by molar-refractivity contribution is 8.16. The molecule has 6 nitrogen and oxygen atoms in total. The number of carbonyl (C=O) groups is 2. The zero-order valence-corrected chi connectivity index (χ0v) is 21.4. The Hall–Kier alpha value is -3.32. The Bertz CT molecular complexity index is 1190. The highest BCUT2D eigenvalue weighted by atomic mass is 32.2. The van der Waals surface area contributed by atoms with Crippen LogP contribution >= 0.6 is 11.8 Å². The SMILES string of the molecule is CCOC(=O)C1=C(c2ccccc2)N=C2SC=C(CC(=O)N[C@@H](C)CC)N2[C@@H]1c1ccc(C)cc1. The number of rotatable bonds is 8. The van der Waals surface area contributed by atoms with E-state index >= 15 is 0 Å². The van der Waals surface area contributed by atoms with E-state index in [2.05, 4.69) is 5.32 Å². The van der Waals surface area contributed by atoms with Crippen molar-refractivity contribution in [1.29, 1.82) is 0 Å². The molecule has 2 aromatic carbocycles. The van der Waals surface area contributed by atoms with E-state index in [1.807, 2.05) is 85.7 Å². The lowest BCUT2D eigenvalue weighted by molar-refractivity contribution is -0.139. The number of carbonyl (C=O) groups excluding carboxylic acids is 2. The normalized spacial score (nSPS) is 17.9. The van der Waals surface area contributed by atoms with E-state index in [4.69, 9.17) is 9.73 Å². The number of ether oxygens (including phenoxy) is 1. The molecule has 35 heavy (non-hydrogen) atoms. The summed E-state index contributed by atoms with van der Waals surface area (Å²) in [4.78, 5) is 33.2. The van der Waals surface area contributed by atoms with Gasteiger partial charge in [0.15, 0.2) is 5.17 Å². The second-order valence-corrected chi connectivity index (χ2v) is 9.54. The predicted molar refractivity (Wildman–Crippen MR) is 141 cm³/mol. The minimum absolute atomic E-state index is 0.0503. The Balaban J connectivity index is 1.83. The van der Waals surface area contributed by atoms with Gasteiger partial charge in [0.25, 0.3) is 0 Å². The molecule has 1 N–H and O–H groups in total. The topological polar surface area (TPSA) is 71.0 Å². The molecule has 0 aliphatic carbocycles. The van der Waals surface area contributed by atoms with Crippen LogP contribution in [0.3, 0.4) is 0 Å². The number of aliphatic imine (C=N–C) groups is 1. The van der Waals surface area contributed by atoms with Gasteiger partial charge in [0.1, 0.15) is 0 Å². The van der Waals surface area contributed by atoms with E-state index in [9.17, 15) is 9.59 Å². The van der Waals surface area contributed by atoms with E-state index in [1.165, 1.54) is 11.8 Å². The molecule has 0 bridgehead atoms. The van der Waals surface area contributed by atoms with E-state index in [0.29, 0.717) is 11.3 Å². The lowest BCUT2D eigenvalue weighted by Gasteiger charge is -2.37. The van der Waals surface area contributed by atoms with Crippen molar-refractivity contribution in [3.63, 3.8) is 0 Å². The van der Waals surface area contributed by atoms with Gasteiger partial charge in [0.05, 0.1) is 30.3 Å². The van der Waals surface area contributed by atoms with Gasteiger partial charge >= 0.3 is 5.97 Å². The number of amidine groups is 1. The van der Waals surface area contributed by atoms with Crippen LogP contribution in [-0.2, 0) is 14.3 Å². The quantitative estimate of drug-likeness (QED) is 0.491. The summed E-state index contributed by atoms with van der Waals surface area (Å²) >= 11 is 1.48. The van der Waals surface area contributed by atoms with Gasteiger partial charge in [-0.05, 0) is 38.2 Å². The number of esters is 1. The minimum atomic E-state index is -0.463. The van der Waals surface area contributed by atoms with Gasteiger partial charge in [-0.3, -0.25) is 4.79 Å². The second kappa shape index (κ2) is 11.0. The molecule has 0 fully saturated rings. The van der Waals surface area contributed by atoms with Crippen molar-refractivity contribution in [3.05, 3.63) is 88.0 Å². The maximum atomic E-state index is 13.5.